The summed E-state index contributed by atoms with van der Waals surface area (Å²) in [5.41, 5.74) is 1.77. The van der Waals surface area contributed by atoms with Gasteiger partial charge in [0.1, 0.15) is 0 Å². The predicted molar refractivity (Wildman–Crippen MR) is 72.0 cm³/mol. The summed E-state index contributed by atoms with van der Waals surface area (Å²) in [4.78, 5) is 11.7. The summed E-state index contributed by atoms with van der Waals surface area (Å²) in [6, 6.07) is 5.56. The second-order valence-electron chi connectivity index (χ2n) is 3.61. The van der Waals surface area contributed by atoms with Crippen LogP contribution >= 0.6 is 15.9 Å². The molecule has 1 rings (SSSR count). The lowest BCUT2D eigenvalue weighted by Gasteiger charge is -2.06. The van der Waals surface area contributed by atoms with Crippen LogP contribution in [0.2, 0.25) is 0 Å². The molecule has 0 bridgehead atoms. The van der Waals surface area contributed by atoms with Gasteiger partial charge in [-0.2, -0.15) is 0 Å². The summed E-state index contributed by atoms with van der Waals surface area (Å²) in [6.45, 7) is 6.59. The number of nitrogens with one attached hydrogen (secondary N) is 1. The van der Waals surface area contributed by atoms with Gasteiger partial charge in [0.05, 0.1) is 12.9 Å². The molecule has 0 aliphatic carbocycles. The van der Waals surface area contributed by atoms with Crippen molar-refractivity contribution >= 4 is 21.8 Å². The van der Waals surface area contributed by atoms with E-state index in [2.05, 4.69) is 27.8 Å². The Morgan fingerprint density at radius 1 is 1.59 bits per heavy atom. The van der Waals surface area contributed by atoms with Crippen LogP contribution in [-0.2, 0) is 4.74 Å². The summed E-state index contributed by atoms with van der Waals surface area (Å²) >= 11 is 3.41. The van der Waals surface area contributed by atoms with Crippen molar-refractivity contribution in [3.63, 3.8) is 0 Å². The van der Waals surface area contributed by atoms with E-state index in [4.69, 9.17) is 4.74 Å². The highest BCUT2D eigenvalue weighted by molar-refractivity contribution is 9.10. The molecule has 4 heteroatoms. The number of hydrogen-bond acceptors (Lipinski definition) is 2. The fraction of sp³-hybridized carbons (Fsp3) is 0.308. The van der Waals surface area contributed by atoms with E-state index in [9.17, 15) is 4.79 Å². The van der Waals surface area contributed by atoms with Crippen molar-refractivity contribution in [2.75, 3.05) is 13.2 Å². The Bertz CT molecular complexity index is 404. The molecule has 0 unspecified atom stereocenters. The Balaban J connectivity index is 2.41. The van der Waals surface area contributed by atoms with Crippen LogP contribution in [0.1, 0.15) is 22.3 Å². The number of benzene rings is 1. The Kier molecular flexibility index (Phi) is 5.77. The topological polar surface area (TPSA) is 38.3 Å². The van der Waals surface area contributed by atoms with Crippen LogP contribution in [0.15, 0.2) is 35.5 Å². The Morgan fingerprint density at radius 2 is 2.35 bits per heavy atom. The third-order valence-corrected chi connectivity index (χ3v) is 3.13. The summed E-state index contributed by atoms with van der Waals surface area (Å²) in [6.07, 6.45) is 2.17. The summed E-state index contributed by atoms with van der Waals surface area (Å²) in [7, 11) is 0. The van der Waals surface area contributed by atoms with E-state index in [1.807, 2.05) is 25.1 Å². The number of rotatable bonds is 6. The Morgan fingerprint density at radius 3 is 3.00 bits per heavy atom. The highest BCUT2D eigenvalue weighted by Gasteiger charge is 2.06. The monoisotopic (exact) mass is 297 g/mol. The van der Waals surface area contributed by atoms with Gasteiger partial charge in [-0.25, -0.2) is 0 Å². The molecule has 0 fully saturated rings. The van der Waals surface area contributed by atoms with Gasteiger partial charge in [0.25, 0.3) is 5.91 Å². The number of hydrogen-bond donors (Lipinski definition) is 1. The zero-order valence-electron chi connectivity index (χ0n) is 9.83. The van der Waals surface area contributed by atoms with Crippen molar-refractivity contribution in [1.29, 1.82) is 0 Å². The van der Waals surface area contributed by atoms with Crippen LogP contribution in [0.25, 0.3) is 0 Å². The number of amides is 1. The number of halogens is 1. The predicted octanol–water partition coefficient (Wildman–Crippen LogP) is 3.04. The summed E-state index contributed by atoms with van der Waals surface area (Å²) in [5.74, 6) is -0.0655. The fourth-order valence-electron chi connectivity index (χ4n) is 1.28. The minimum absolute atomic E-state index is 0.0655. The molecule has 92 valence electrons. The molecule has 0 aliphatic heterocycles. The molecule has 0 saturated carbocycles. The molecule has 17 heavy (non-hydrogen) atoms. The van der Waals surface area contributed by atoms with Gasteiger partial charge in [-0.15, -0.1) is 0 Å². The SMILES string of the molecule is C=COCCCNC(=O)c1ccc(C)c(Br)c1. The molecule has 0 spiro atoms. The van der Waals surface area contributed by atoms with Crippen LogP contribution < -0.4 is 5.32 Å². The fourth-order valence-corrected chi connectivity index (χ4v) is 1.66. The first-order chi connectivity index (χ1) is 8.15. The molecule has 0 aromatic heterocycles. The maximum atomic E-state index is 11.7. The first kappa shape index (κ1) is 13.8. The third kappa shape index (κ3) is 4.61. The van der Waals surface area contributed by atoms with E-state index in [1.54, 1.807) is 0 Å². The number of carbonyl (C=O) groups is 1. The highest BCUT2D eigenvalue weighted by Crippen LogP contribution is 2.17. The summed E-state index contributed by atoms with van der Waals surface area (Å²) < 4.78 is 5.91. The third-order valence-electron chi connectivity index (χ3n) is 2.28. The minimum atomic E-state index is -0.0655. The number of ether oxygens (including phenoxy) is 1. The van der Waals surface area contributed by atoms with Gasteiger partial charge in [0.15, 0.2) is 0 Å². The quantitative estimate of drug-likeness (QED) is 0.647. The van der Waals surface area contributed by atoms with Crippen molar-refractivity contribution < 1.29 is 9.53 Å². The van der Waals surface area contributed by atoms with E-state index < -0.39 is 0 Å². The normalized spacial score (nSPS) is 9.76. The summed E-state index contributed by atoms with van der Waals surface area (Å²) in [5, 5.41) is 2.83. The zero-order chi connectivity index (χ0) is 12.7. The molecule has 0 saturated heterocycles. The van der Waals surface area contributed by atoms with Gasteiger partial charge >= 0.3 is 0 Å². The minimum Gasteiger partial charge on any atom is -0.502 e. The first-order valence-corrected chi connectivity index (χ1v) is 6.21. The first-order valence-electron chi connectivity index (χ1n) is 5.42. The van der Waals surface area contributed by atoms with Gasteiger partial charge < -0.3 is 10.1 Å². The lowest BCUT2D eigenvalue weighted by Crippen LogP contribution is -2.25. The molecule has 0 aliphatic rings. The molecule has 3 nitrogen and oxygen atoms in total. The number of aryl methyl sites for hydroxylation is 1. The van der Waals surface area contributed by atoms with E-state index in [0.29, 0.717) is 18.7 Å². The van der Waals surface area contributed by atoms with Crippen LogP contribution in [0.5, 0.6) is 0 Å². The molecule has 1 amide bonds. The van der Waals surface area contributed by atoms with Gasteiger partial charge in [0.2, 0.25) is 0 Å². The van der Waals surface area contributed by atoms with Crippen molar-refractivity contribution in [3.05, 3.63) is 46.6 Å². The van der Waals surface area contributed by atoms with Gasteiger partial charge in [-0.05, 0) is 31.0 Å². The smallest absolute Gasteiger partial charge is 0.251 e. The van der Waals surface area contributed by atoms with Crippen LogP contribution in [-0.4, -0.2) is 19.1 Å². The molecular weight excluding hydrogens is 282 g/mol. The average Bonchev–Trinajstić information content (AvgIpc) is 2.32. The standard InChI is InChI=1S/C13H16BrNO2/c1-3-17-8-4-7-15-13(16)11-6-5-10(2)12(14)9-11/h3,5-6,9H,1,4,7-8H2,2H3,(H,15,16). The second kappa shape index (κ2) is 7.12. The maximum absolute atomic E-state index is 11.7. The van der Waals surface area contributed by atoms with E-state index in [0.717, 1.165) is 16.5 Å². The molecule has 1 N–H and O–H groups in total. The lowest BCUT2D eigenvalue weighted by atomic mass is 10.1. The highest BCUT2D eigenvalue weighted by atomic mass is 79.9. The van der Waals surface area contributed by atoms with Crippen molar-refractivity contribution in [3.8, 4) is 0 Å². The van der Waals surface area contributed by atoms with Crippen molar-refractivity contribution in [1.82, 2.24) is 5.32 Å². The van der Waals surface area contributed by atoms with Gasteiger partial charge in [0, 0.05) is 16.6 Å². The Hall–Kier alpha value is -1.29. The lowest BCUT2D eigenvalue weighted by molar-refractivity contribution is 0.0950. The molecule has 0 atom stereocenters. The van der Waals surface area contributed by atoms with Crippen LogP contribution in [0.3, 0.4) is 0 Å². The number of carbonyl (C=O) groups excluding carboxylic acids is 1. The molecular formula is C13H16BrNO2. The van der Waals surface area contributed by atoms with Crippen LogP contribution in [0.4, 0.5) is 0 Å². The second-order valence-corrected chi connectivity index (χ2v) is 4.47. The van der Waals surface area contributed by atoms with Crippen molar-refractivity contribution in [2.45, 2.75) is 13.3 Å². The molecule has 1 aromatic rings. The van der Waals surface area contributed by atoms with Crippen LogP contribution in [0, 0.1) is 6.92 Å². The molecule has 0 heterocycles. The largest absolute Gasteiger partial charge is 0.502 e. The van der Waals surface area contributed by atoms with E-state index in [1.165, 1.54) is 6.26 Å². The average molecular weight is 298 g/mol. The molecule has 1 aromatic carbocycles. The zero-order valence-corrected chi connectivity index (χ0v) is 11.4. The van der Waals surface area contributed by atoms with Gasteiger partial charge in [-0.1, -0.05) is 28.6 Å². The van der Waals surface area contributed by atoms with Gasteiger partial charge in [-0.3, -0.25) is 4.79 Å². The van der Waals surface area contributed by atoms with E-state index >= 15 is 0 Å². The van der Waals surface area contributed by atoms with Crippen molar-refractivity contribution in [2.24, 2.45) is 0 Å². The maximum Gasteiger partial charge on any atom is 0.251 e. The van der Waals surface area contributed by atoms with E-state index in [-0.39, 0.29) is 5.91 Å². The molecule has 0 radical (unpaired) electrons. The Labute approximate surface area is 110 Å².